The van der Waals surface area contributed by atoms with Crippen LogP contribution in [0.1, 0.15) is 17.5 Å². The SMILES string of the molecule is O=C(O)N1CC2(CCN(C(=O)C=Cn3cnc(-c4cc(C(F)(F)F)cc(C(F)(F)F)c4)n3)C2)C1. The first-order valence-electron chi connectivity index (χ1n) is 9.92. The van der Waals surface area contributed by atoms with Crippen molar-refractivity contribution in [3.05, 3.63) is 41.7 Å². The Morgan fingerprint density at radius 2 is 1.56 bits per heavy atom. The zero-order valence-corrected chi connectivity index (χ0v) is 17.3. The average molecular weight is 489 g/mol. The van der Waals surface area contributed by atoms with Gasteiger partial charge in [0.2, 0.25) is 5.91 Å². The summed E-state index contributed by atoms with van der Waals surface area (Å²) in [6.45, 7) is 1.51. The third kappa shape index (κ3) is 4.70. The lowest BCUT2D eigenvalue weighted by molar-refractivity contribution is -0.143. The van der Waals surface area contributed by atoms with Crippen LogP contribution in [0.3, 0.4) is 0 Å². The van der Waals surface area contributed by atoms with Crippen molar-refractivity contribution in [1.29, 1.82) is 0 Å². The molecule has 182 valence electrons. The highest BCUT2D eigenvalue weighted by Crippen LogP contribution is 2.40. The molecule has 0 atom stereocenters. The van der Waals surface area contributed by atoms with Gasteiger partial charge in [0.05, 0.1) is 11.1 Å². The normalized spacial score (nSPS) is 18.1. The van der Waals surface area contributed by atoms with E-state index in [1.807, 2.05) is 0 Å². The molecule has 2 aromatic rings. The molecular weight excluding hydrogens is 472 g/mol. The van der Waals surface area contributed by atoms with Gasteiger partial charge < -0.3 is 14.9 Å². The lowest BCUT2D eigenvalue weighted by Crippen LogP contribution is -2.59. The lowest BCUT2D eigenvalue weighted by atomic mass is 9.79. The zero-order chi connectivity index (χ0) is 24.9. The van der Waals surface area contributed by atoms with Crippen LogP contribution in [0, 0.1) is 5.41 Å². The Morgan fingerprint density at radius 1 is 0.971 bits per heavy atom. The summed E-state index contributed by atoms with van der Waals surface area (Å²) >= 11 is 0. The molecule has 2 aliphatic rings. The van der Waals surface area contributed by atoms with Gasteiger partial charge in [-0.15, -0.1) is 5.10 Å². The number of hydrogen-bond acceptors (Lipinski definition) is 4. The molecule has 1 aromatic heterocycles. The molecule has 8 nitrogen and oxygen atoms in total. The molecular formula is C20H17F6N5O3. The van der Waals surface area contributed by atoms with Crippen LogP contribution in [-0.4, -0.2) is 67.9 Å². The molecule has 2 fully saturated rings. The maximum atomic E-state index is 13.1. The van der Waals surface area contributed by atoms with E-state index in [9.17, 15) is 35.9 Å². The highest BCUT2D eigenvalue weighted by molar-refractivity contribution is 5.90. The molecule has 0 unspecified atom stereocenters. The quantitative estimate of drug-likeness (QED) is 0.525. The van der Waals surface area contributed by atoms with Crippen molar-refractivity contribution in [1.82, 2.24) is 24.6 Å². The third-order valence-corrected chi connectivity index (χ3v) is 5.80. The van der Waals surface area contributed by atoms with E-state index in [0.29, 0.717) is 44.7 Å². The summed E-state index contributed by atoms with van der Waals surface area (Å²) in [6, 6.07) is 1.05. The predicted molar refractivity (Wildman–Crippen MR) is 104 cm³/mol. The van der Waals surface area contributed by atoms with Crippen LogP contribution in [0.4, 0.5) is 31.1 Å². The molecule has 34 heavy (non-hydrogen) atoms. The lowest BCUT2D eigenvalue weighted by Gasteiger charge is -2.46. The molecule has 4 rings (SSSR count). The van der Waals surface area contributed by atoms with Crippen molar-refractivity contribution in [2.75, 3.05) is 26.2 Å². The minimum atomic E-state index is -5.00. The topological polar surface area (TPSA) is 91.6 Å². The molecule has 2 amide bonds. The molecule has 1 spiro atoms. The summed E-state index contributed by atoms with van der Waals surface area (Å²) in [5, 5.41) is 12.8. The zero-order valence-electron chi connectivity index (χ0n) is 17.3. The number of carbonyl (C=O) groups excluding carboxylic acids is 1. The number of benzene rings is 1. The van der Waals surface area contributed by atoms with Gasteiger partial charge in [0, 0.05) is 49.4 Å². The molecule has 1 aromatic carbocycles. The van der Waals surface area contributed by atoms with Crippen molar-refractivity contribution in [2.24, 2.45) is 5.41 Å². The first kappa shape index (κ1) is 23.6. The Bertz CT molecular complexity index is 1120. The third-order valence-electron chi connectivity index (χ3n) is 5.80. The van der Waals surface area contributed by atoms with Gasteiger partial charge in [-0.25, -0.2) is 14.5 Å². The molecule has 0 saturated carbocycles. The fraction of sp³-hybridized carbons (Fsp3) is 0.400. The Labute approximate surface area is 188 Å². The van der Waals surface area contributed by atoms with Gasteiger partial charge in [0.15, 0.2) is 5.82 Å². The maximum Gasteiger partial charge on any atom is 0.416 e. The minimum Gasteiger partial charge on any atom is -0.465 e. The van der Waals surface area contributed by atoms with Crippen LogP contribution in [0.5, 0.6) is 0 Å². The summed E-state index contributed by atoms with van der Waals surface area (Å²) in [6.07, 6.45) is -6.97. The second-order valence-corrected chi connectivity index (χ2v) is 8.31. The van der Waals surface area contributed by atoms with Gasteiger partial charge >= 0.3 is 18.4 Å². The largest absolute Gasteiger partial charge is 0.465 e. The molecule has 2 saturated heterocycles. The number of likely N-dealkylation sites (tertiary alicyclic amines) is 2. The van der Waals surface area contributed by atoms with Gasteiger partial charge in [-0.3, -0.25) is 4.79 Å². The number of amides is 2. The second kappa shape index (κ2) is 8.02. The first-order valence-corrected chi connectivity index (χ1v) is 9.92. The Morgan fingerprint density at radius 3 is 2.12 bits per heavy atom. The molecule has 3 heterocycles. The summed E-state index contributed by atoms with van der Waals surface area (Å²) in [7, 11) is 0. The summed E-state index contributed by atoms with van der Waals surface area (Å²) in [5.41, 5.74) is -3.71. The minimum absolute atomic E-state index is 0.0136. The number of alkyl halides is 6. The van der Waals surface area contributed by atoms with Crippen LogP contribution < -0.4 is 0 Å². The van der Waals surface area contributed by atoms with Crippen LogP contribution in [0.2, 0.25) is 0 Å². The van der Waals surface area contributed by atoms with E-state index in [4.69, 9.17) is 5.11 Å². The maximum absolute atomic E-state index is 13.1. The Kier molecular flexibility index (Phi) is 5.56. The van der Waals surface area contributed by atoms with Crippen molar-refractivity contribution in [2.45, 2.75) is 18.8 Å². The van der Waals surface area contributed by atoms with E-state index in [2.05, 4.69) is 10.1 Å². The highest BCUT2D eigenvalue weighted by atomic mass is 19.4. The van der Waals surface area contributed by atoms with Crippen LogP contribution in [0.15, 0.2) is 30.6 Å². The molecule has 2 aliphatic heterocycles. The van der Waals surface area contributed by atoms with Crippen molar-refractivity contribution in [3.8, 4) is 11.4 Å². The molecule has 0 aliphatic carbocycles. The fourth-order valence-electron chi connectivity index (χ4n) is 4.09. The molecule has 0 bridgehead atoms. The average Bonchev–Trinajstić information content (AvgIpc) is 3.37. The van der Waals surface area contributed by atoms with E-state index in [1.54, 1.807) is 0 Å². The van der Waals surface area contributed by atoms with Gasteiger partial charge in [0.25, 0.3) is 0 Å². The summed E-state index contributed by atoms with van der Waals surface area (Å²) < 4.78 is 79.4. The standard InChI is InChI=1S/C20H17F6N5O3/c21-19(22,23)13-5-12(6-14(7-13)20(24,25)26)16-27-11-31(28-16)3-1-15(32)29-4-2-18(8-29)9-30(10-18)17(33)34/h1,3,5-7,11H,2,4,8-10H2,(H,33,34). The van der Waals surface area contributed by atoms with Gasteiger partial charge in [0.1, 0.15) is 6.33 Å². The van der Waals surface area contributed by atoms with E-state index < -0.39 is 35.1 Å². The number of hydrogen-bond donors (Lipinski definition) is 1. The summed E-state index contributed by atoms with van der Waals surface area (Å²) in [5.74, 6) is -0.766. The van der Waals surface area contributed by atoms with Crippen molar-refractivity contribution < 1.29 is 41.0 Å². The smallest absolute Gasteiger partial charge is 0.416 e. The Hall–Kier alpha value is -3.58. The second-order valence-electron chi connectivity index (χ2n) is 8.31. The number of aromatic nitrogens is 3. The monoisotopic (exact) mass is 489 g/mol. The fourth-order valence-corrected chi connectivity index (χ4v) is 4.09. The van der Waals surface area contributed by atoms with E-state index in [0.717, 1.165) is 17.1 Å². The van der Waals surface area contributed by atoms with E-state index in [1.165, 1.54) is 16.0 Å². The predicted octanol–water partition coefficient (Wildman–Crippen LogP) is 3.67. The first-order chi connectivity index (χ1) is 15.8. The van der Waals surface area contributed by atoms with Crippen LogP contribution >= 0.6 is 0 Å². The molecule has 0 radical (unpaired) electrons. The number of halogens is 6. The Balaban J connectivity index is 1.47. The number of carbonyl (C=O) groups is 2. The number of carboxylic acid groups (broad SMARTS) is 1. The summed E-state index contributed by atoms with van der Waals surface area (Å²) in [4.78, 5) is 29.9. The van der Waals surface area contributed by atoms with Crippen LogP contribution in [0.25, 0.3) is 17.6 Å². The molecule has 1 N–H and O–H groups in total. The van der Waals surface area contributed by atoms with Crippen molar-refractivity contribution >= 4 is 18.2 Å². The molecule has 14 heteroatoms. The van der Waals surface area contributed by atoms with Crippen LogP contribution in [-0.2, 0) is 17.1 Å². The van der Waals surface area contributed by atoms with Crippen molar-refractivity contribution in [3.63, 3.8) is 0 Å². The highest BCUT2D eigenvalue weighted by Gasteiger charge is 2.50. The van der Waals surface area contributed by atoms with E-state index >= 15 is 0 Å². The number of nitrogens with zero attached hydrogens (tertiary/aromatic N) is 5. The number of rotatable bonds is 3. The van der Waals surface area contributed by atoms with Gasteiger partial charge in [-0.2, -0.15) is 26.3 Å². The van der Waals surface area contributed by atoms with Gasteiger partial charge in [-0.05, 0) is 24.6 Å². The van der Waals surface area contributed by atoms with E-state index in [-0.39, 0.29) is 23.2 Å². The van der Waals surface area contributed by atoms with Gasteiger partial charge in [-0.1, -0.05) is 0 Å².